The SMILES string of the molecule is CC(C)C(C)NS(=O)(=O)c1ccc(CNC2CC2)cn1. The first kappa shape index (κ1) is 15.4. The molecule has 1 aliphatic carbocycles. The lowest BCUT2D eigenvalue weighted by molar-refractivity contribution is 0.475. The fraction of sp³-hybridized carbons (Fsp3) is 0.643. The van der Waals surface area contributed by atoms with Gasteiger partial charge >= 0.3 is 0 Å². The molecule has 1 unspecified atom stereocenters. The van der Waals surface area contributed by atoms with Crippen molar-refractivity contribution in [1.29, 1.82) is 0 Å². The Bertz CT molecular complexity index is 536. The number of pyridine rings is 1. The summed E-state index contributed by atoms with van der Waals surface area (Å²) >= 11 is 0. The van der Waals surface area contributed by atoms with Crippen molar-refractivity contribution < 1.29 is 8.42 Å². The third kappa shape index (κ3) is 4.26. The molecular formula is C14H23N3O2S. The van der Waals surface area contributed by atoms with Gasteiger partial charge in [-0.2, -0.15) is 0 Å². The van der Waals surface area contributed by atoms with Crippen molar-refractivity contribution in [3.8, 4) is 0 Å². The predicted octanol–water partition coefficient (Wildman–Crippen LogP) is 1.66. The van der Waals surface area contributed by atoms with Gasteiger partial charge < -0.3 is 5.32 Å². The van der Waals surface area contributed by atoms with Crippen LogP contribution in [0.2, 0.25) is 0 Å². The van der Waals surface area contributed by atoms with E-state index in [0.29, 0.717) is 6.04 Å². The van der Waals surface area contributed by atoms with Crippen LogP contribution in [-0.2, 0) is 16.6 Å². The summed E-state index contributed by atoms with van der Waals surface area (Å²) in [6, 6.07) is 3.90. The van der Waals surface area contributed by atoms with Crippen molar-refractivity contribution in [3.05, 3.63) is 23.9 Å². The molecule has 0 bridgehead atoms. The standard InChI is InChI=1S/C14H23N3O2S/c1-10(2)11(3)17-20(18,19)14-7-4-12(9-16-14)8-15-13-5-6-13/h4,7,9-11,13,15,17H,5-6,8H2,1-3H3. The summed E-state index contributed by atoms with van der Waals surface area (Å²) in [6.07, 6.45) is 4.10. The van der Waals surface area contributed by atoms with Gasteiger partial charge in [-0.25, -0.2) is 18.1 Å². The Hall–Kier alpha value is -0.980. The van der Waals surface area contributed by atoms with Gasteiger partial charge in [-0.1, -0.05) is 19.9 Å². The minimum Gasteiger partial charge on any atom is -0.310 e. The van der Waals surface area contributed by atoms with Crippen molar-refractivity contribution in [2.45, 2.75) is 57.3 Å². The van der Waals surface area contributed by atoms with Crippen LogP contribution in [0.5, 0.6) is 0 Å². The third-order valence-electron chi connectivity index (χ3n) is 3.59. The minimum atomic E-state index is -3.52. The van der Waals surface area contributed by atoms with E-state index in [-0.39, 0.29) is 17.0 Å². The molecule has 1 heterocycles. The molecule has 0 aromatic carbocycles. The maximum atomic E-state index is 12.1. The van der Waals surface area contributed by atoms with Gasteiger partial charge in [0.1, 0.15) is 0 Å². The highest BCUT2D eigenvalue weighted by molar-refractivity contribution is 7.89. The molecule has 6 heteroatoms. The van der Waals surface area contributed by atoms with E-state index in [4.69, 9.17) is 0 Å². The summed E-state index contributed by atoms with van der Waals surface area (Å²) in [5.41, 5.74) is 1.01. The average Bonchev–Trinajstić information content (AvgIpc) is 3.20. The number of nitrogens with one attached hydrogen (secondary N) is 2. The molecule has 5 nitrogen and oxygen atoms in total. The first-order valence-corrected chi connectivity index (χ1v) is 8.57. The molecule has 0 saturated heterocycles. The summed E-state index contributed by atoms with van der Waals surface area (Å²) in [5, 5.41) is 3.46. The Kier molecular flexibility index (Phi) is 4.78. The number of hydrogen-bond donors (Lipinski definition) is 2. The van der Waals surface area contributed by atoms with E-state index in [1.807, 2.05) is 26.8 Å². The lowest BCUT2D eigenvalue weighted by atomic mass is 10.1. The van der Waals surface area contributed by atoms with E-state index in [9.17, 15) is 8.42 Å². The van der Waals surface area contributed by atoms with Crippen molar-refractivity contribution >= 4 is 10.0 Å². The molecule has 1 aromatic rings. The van der Waals surface area contributed by atoms with E-state index in [2.05, 4.69) is 15.0 Å². The Balaban J connectivity index is 2.00. The normalized spacial score (nSPS) is 17.4. The Labute approximate surface area is 121 Å². The van der Waals surface area contributed by atoms with Crippen LogP contribution in [0.25, 0.3) is 0 Å². The molecule has 20 heavy (non-hydrogen) atoms. The largest absolute Gasteiger partial charge is 0.310 e. The van der Waals surface area contributed by atoms with E-state index >= 15 is 0 Å². The van der Waals surface area contributed by atoms with E-state index in [1.54, 1.807) is 12.3 Å². The van der Waals surface area contributed by atoms with Crippen LogP contribution in [0.3, 0.4) is 0 Å². The highest BCUT2D eigenvalue weighted by Crippen LogP contribution is 2.19. The molecule has 2 N–H and O–H groups in total. The fourth-order valence-electron chi connectivity index (χ4n) is 1.67. The molecule has 1 aromatic heterocycles. The molecule has 0 spiro atoms. The zero-order valence-corrected chi connectivity index (χ0v) is 13.1. The molecule has 1 saturated carbocycles. The summed E-state index contributed by atoms with van der Waals surface area (Å²) < 4.78 is 26.9. The van der Waals surface area contributed by atoms with Crippen LogP contribution < -0.4 is 10.0 Å². The maximum Gasteiger partial charge on any atom is 0.258 e. The van der Waals surface area contributed by atoms with Crippen LogP contribution in [-0.4, -0.2) is 25.5 Å². The summed E-state index contributed by atoms with van der Waals surface area (Å²) in [5.74, 6) is 0.242. The molecule has 1 fully saturated rings. The molecule has 0 radical (unpaired) electrons. The molecule has 0 aliphatic heterocycles. The Morgan fingerprint density at radius 1 is 1.30 bits per heavy atom. The van der Waals surface area contributed by atoms with Gasteiger partial charge in [0, 0.05) is 24.8 Å². The predicted molar refractivity (Wildman–Crippen MR) is 78.7 cm³/mol. The topological polar surface area (TPSA) is 71.1 Å². The summed E-state index contributed by atoms with van der Waals surface area (Å²) in [6.45, 7) is 6.56. The van der Waals surface area contributed by atoms with E-state index in [0.717, 1.165) is 12.1 Å². The van der Waals surface area contributed by atoms with Crippen molar-refractivity contribution in [2.75, 3.05) is 0 Å². The van der Waals surface area contributed by atoms with Crippen molar-refractivity contribution in [1.82, 2.24) is 15.0 Å². The van der Waals surface area contributed by atoms with Crippen molar-refractivity contribution in [2.24, 2.45) is 5.92 Å². The van der Waals surface area contributed by atoms with Gasteiger partial charge in [0.05, 0.1) is 0 Å². The Morgan fingerprint density at radius 2 is 2.00 bits per heavy atom. The smallest absolute Gasteiger partial charge is 0.258 e. The number of nitrogens with zero attached hydrogens (tertiary/aromatic N) is 1. The van der Waals surface area contributed by atoms with Gasteiger partial charge in [-0.05, 0) is 37.3 Å². The van der Waals surface area contributed by atoms with Crippen molar-refractivity contribution in [3.63, 3.8) is 0 Å². The third-order valence-corrected chi connectivity index (χ3v) is 5.06. The second-order valence-corrected chi connectivity index (χ2v) is 7.47. The first-order valence-electron chi connectivity index (χ1n) is 7.09. The van der Waals surface area contributed by atoms with Gasteiger partial charge in [0.2, 0.25) is 0 Å². The number of sulfonamides is 1. The number of rotatable bonds is 7. The molecule has 0 amide bonds. The monoisotopic (exact) mass is 297 g/mol. The lowest BCUT2D eigenvalue weighted by Gasteiger charge is -2.17. The zero-order valence-electron chi connectivity index (χ0n) is 12.3. The van der Waals surface area contributed by atoms with Crippen LogP contribution >= 0.6 is 0 Å². The number of aromatic nitrogens is 1. The van der Waals surface area contributed by atoms with Crippen LogP contribution in [0.4, 0.5) is 0 Å². The quantitative estimate of drug-likeness (QED) is 0.803. The van der Waals surface area contributed by atoms with Crippen LogP contribution in [0.1, 0.15) is 39.2 Å². The van der Waals surface area contributed by atoms with Gasteiger partial charge in [0.25, 0.3) is 10.0 Å². The zero-order chi connectivity index (χ0) is 14.8. The van der Waals surface area contributed by atoms with E-state index < -0.39 is 10.0 Å². The molecule has 1 atom stereocenters. The number of hydrogen-bond acceptors (Lipinski definition) is 4. The van der Waals surface area contributed by atoms with Gasteiger partial charge in [0.15, 0.2) is 5.03 Å². The van der Waals surface area contributed by atoms with Crippen LogP contribution in [0, 0.1) is 5.92 Å². The second-order valence-electron chi connectivity index (χ2n) is 5.81. The first-order chi connectivity index (χ1) is 9.38. The molecule has 2 rings (SSSR count). The Morgan fingerprint density at radius 3 is 2.50 bits per heavy atom. The maximum absolute atomic E-state index is 12.1. The summed E-state index contributed by atoms with van der Waals surface area (Å²) in [4.78, 5) is 4.07. The molecular weight excluding hydrogens is 274 g/mol. The van der Waals surface area contributed by atoms with E-state index in [1.165, 1.54) is 12.8 Å². The van der Waals surface area contributed by atoms with Gasteiger partial charge in [-0.15, -0.1) is 0 Å². The lowest BCUT2D eigenvalue weighted by Crippen LogP contribution is -2.36. The van der Waals surface area contributed by atoms with Crippen LogP contribution in [0.15, 0.2) is 23.4 Å². The molecule has 112 valence electrons. The second kappa shape index (κ2) is 6.20. The minimum absolute atomic E-state index is 0.0835. The fourth-order valence-corrected chi connectivity index (χ4v) is 2.99. The average molecular weight is 297 g/mol. The highest BCUT2D eigenvalue weighted by atomic mass is 32.2. The van der Waals surface area contributed by atoms with Gasteiger partial charge in [-0.3, -0.25) is 0 Å². The highest BCUT2D eigenvalue weighted by Gasteiger charge is 2.21. The molecule has 1 aliphatic rings. The summed E-state index contributed by atoms with van der Waals surface area (Å²) in [7, 11) is -3.52.